The van der Waals surface area contributed by atoms with Crippen molar-refractivity contribution in [1.82, 2.24) is 4.31 Å². The van der Waals surface area contributed by atoms with Crippen molar-refractivity contribution in [2.24, 2.45) is 0 Å². The molecular formula is C15H23NO3S. The average Bonchev–Trinajstić information content (AvgIpc) is 2.38. The van der Waals surface area contributed by atoms with E-state index in [1.807, 2.05) is 13.8 Å². The van der Waals surface area contributed by atoms with E-state index in [4.69, 9.17) is 0 Å². The molecule has 2 rings (SSSR count). The van der Waals surface area contributed by atoms with Crippen LogP contribution in [0.4, 0.5) is 0 Å². The summed E-state index contributed by atoms with van der Waals surface area (Å²) in [6, 6.07) is 5.15. The second-order valence-electron chi connectivity index (χ2n) is 5.66. The van der Waals surface area contributed by atoms with Gasteiger partial charge in [-0.3, -0.25) is 0 Å². The molecule has 1 fully saturated rings. The van der Waals surface area contributed by atoms with Crippen LogP contribution in [0.3, 0.4) is 0 Å². The molecule has 0 unspecified atom stereocenters. The summed E-state index contributed by atoms with van der Waals surface area (Å²) in [5, 5.41) is 9.31. The lowest BCUT2D eigenvalue weighted by Gasteiger charge is -2.38. The van der Waals surface area contributed by atoms with Crippen LogP contribution in [0.25, 0.3) is 0 Å². The van der Waals surface area contributed by atoms with Gasteiger partial charge in [-0.2, -0.15) is 4.31 Å². The Morgan fingerprint density at radius 1 is 1.25 bits per heavy atom. The number of benzene rings is 1. The van der Waals surface area contributed by atoms with Gasteiger partial charge in [-0.1, -0.05) is 18.6 Å². The number of sulfonamides is 1. The van der Waals surface area contributed by atoms with Crippen LogP contribution in [0.2, 0.25) is 0 Å². The van der Waals surface area contributed by atoms with E-state index in [1.165, 1.54) is 0 Å². The molecule has 4 nitrogen and oxygen atoms in total. The molecule has 1 aromatic rings. The van der Waals surface area contributed by atoms with Crippen LogP contribution in [0.1, 0.15) is 44.2 Å². The molecule has 0 saturated carbocycles. The monoisotopic (exact) mass is 297 g/mol. The normalized spacial score (nSPS) is 24.8. The molecule has 0 spiro atoms. The standard InChI is InChI=1S/C15H23NO3S/c1-11-6-4-7-12(2)16(11)20(18,19)15-9-5-8-14(10-17)13(15)3/h5,8-9,11-12,17H,4,6-7,10H2,1-3H3/t11-,12+. The van der Waals surface area contributed by atoms with Crippen molar-refractivity contribution < 1.29 is 13.5 Å². The van der Waals surface area contributed by atoms with Crippen LogP contribution in [0.15, 0.2) is 23.1 Å². The quantitative estimate of drug-likeness (QED) is 0.932. The van der Waals surface area contributed by atoms with E-state index < -0.39 is 10.0 Å². The number of piperidine rings is 1. The second-order valence-corrected chi connectivity index (χ2v) is 7.47. The first-order chi connectivity index (χ1) is 9.39. The molecule has 0 aliphatic carbocycles. The van der Waals surface area contributed by atoms with Gasteiger partial charge < -0.3 is 5.11 Å². The predicted octanol–water partition coefficient (Wildman–Crippen LogP) is 2.44. The third kappa shape index (κ3) is 2.62. The van der Waals surface area contributed by atoms with Gasteiger partial charge in [0.25, 0.3) is 0 Å². The minimum Gasteiger partial charge on any atom is -0.392 e. The zero-order chi connectivity index (χ0) is 14.9. The number of hydrogen-bond donors (Lipinski definition) is 1. The van der Waals surface area contributed by atoms with Crippen molar-refractivity contribution in [2.75, 3.05) is 0 Å². The molecule has 0 radical (unpaired) electrons. The summed E-state index contributed by atoms with van der Waals surface area (Å²) in [6.45, 7) is 5.56. The average molecular weight is 297 g/mol. The van der Waals surface area contributed by atoms with Crippen LogP contribution in [-0.2, 0) is 16.6 Å². The first-order valence-electron chi connectivity index (χ1n) is 7.12. The lowest BCUT2D eigenvalue weighted by atomic mass is 10.0. The molecular weight excluding hydrogens is 274 g/mol. The van der Waals surface area contributed by atoms with Crippen LogP contribution in [0, 0.1) is 6.92 Å². The van der Waals surface area contributed by atoms with Crippen molar-refractivity contribution >= 4 is 10.0 Å². The number of aliphatic hydroxyl groups is 1. The third-order valence-electron chi connectivity index (χ3n) is 4.23. The molecule has 5 heteroatoms. The molecule has 1 aliphatic heterocycles. The summed E-state index contributed by atoms with van der Waals surface area (Å²) in [4.78, 5) is 0.324. The van der Waals surface area contributed by atoms with Gasteiger partial charge in [-0.15, -0.1) is 0 Å². The Kier molecular flexibility index (Phi) is 4.52. The van der Waals surface area contributed by atoms with Gasteiger partial charge >= 0.3 is 0 Å². The summed E-state index contributed by atoms with van der Waals surface area (Å²) in [7, 11) is -3.50. The lowest BCUT2D eigenvalue weighted by Crippen LogP contribution is -2.47. The Labute approximate surface area is 121 Å². The fourth-order valence-electron chi connectivity index (χ4n) is 3.10. The van der Waals surface area contributed by atoms with Gasteiger partial charge in [0.05, 0.1) is 11.5 Å². The molecule has 0 aromatic heterocycles. The summed E-state index contributed by atoms with van der Waals surface area (Å²) >= 11 is 0. The minimum absolute atomic E-state index is 0.0286. The molecule has 1 N–H and O–H groups in total. The minimum atomic E-state index is -3.50. The number of nitrogens with zero attached hydrogens (tertiary/aromatic N) is 1. The van der Waals surface area contributed by atoms with Gasteiger partial charge in [0.1, 0.15) is 0 Å². The SMILES string of the molecule is Cc1c(CO)cccc1S(=O)(=O)N1[C@H](C)CCC[C@@H]1C. The van der Waals surface area contributed by atoms with Crippen molar-refractivity contribution in [2.45, 2.75) is 63.6 Å². The highest BCUT2D eigenvalue weighted by Crippen LogP contribution is 2.31. The van der Waals surface area contributed by atoms with Crippen LogP contribution in [-0.4, -0.2) is 29.9 Å². The molecule has 1 heterocycles. The Morgan fingerprint density at radius 2 is 1.85 bits per heavy atom. The summed E-state index contributed by atoms with van der Waals surface area (Å²) in [5.41, 5.74) is 1.32. The maximum Gasteiger partial charge on any atom is 0.243 e. The van der Waals surface area contributed by atoms with Crippen LogP contribution in [0.5, 0.6) is 0 Å². The Morgan fingerprint density at radius 3 is 2.40 bits per heavy atom. The lowest BCUT2D eigenvalue weighted by molar-refractivity contribution is 0.204. The highest BCUT2D eigenvalue weighted by molar-refractivity contribution is 7.89. The van der Waals surface area contributed by atoms with E-state index in [9.17, 15) is 13.5 Å². The molecule has 0 amide bonds. The highest BCUT2D eigenvalue weighted by atomic mass is 32.2. The maximum atomic E-state index is 12.9. The number of aliphatic hydroxyl groups excluding tert-OH is 1. The van der Waals surface area contributed by atoms with Gasteiger partial charge in [0.2, 0.25) is 10.0 Å². The van der Waals surface area contributed by atoms with Gasteiger partial charge in [-0.05, 0) is 50.8 Å². The second kappa shape index (κ2) is 5.84. The van der Waals surface area contributed by atoms with Crippen molar-refractivity contribution in [1.29, 1.82) is 0 Å². The van der Waals surface area contributed by atoms with Crippen LogP contribution >= 0.6 is 0 Å². The van der Waals surface area contributed by atoms with E-state index in [0.29, 0.717) is 16.0 Å². The molecule has 1 aromatic carbocycles. The molecule has 20 heavy (non-hydrogen) atoms. The molecule has 2 atom stereocenters. The first-order valence-corrected chi connectivity index (χ1v) is 8.56. The summed E-state index contributed by atoms with van der Waals surface area (Å²) in [6.07, 6.45) is 2.88. The predicted molar refractivity (Wildman–Crippen MR) is 78.9 cm³/mol. The molecule has 0 bridgehead atoms. The van der Waals surface area contributed by atoms with Crippen molar-refractivity contribution in [3.05, 3.63) is 29.3 Å². The fourth-order valence-corrected chi connectivity index (χ4v) is 5.25. The zero-order valence-corrected chi connectivity index (χ0v) is 13.2. The Bertz CT molecular complexity index is 573. The Balaban J connectivity index is 2.49. The number of hydrogen-bond acceptors (Lipinski definition) is 3. The smallest absolute Gasteiger partial charge is 0.243 e. The summed E-state index contributed by atoms with van der Waals surface area (Å²) in [5.74, 6) is 0. The fraction of sp³-hybridized carbons (Fsp3) is 0.600. The van der Waals surface area contributed by atoms with Gasteiger partial charge in [0, 0.05) is 12.1 Å². The van der Waals surface area contributed by atoms with Crippen molar-refractivity contribution in [3.8, 4) is 0 Å². The largest absolute Gasteiger partial charge is 0.392 e. The van der Waals surface area contributed by atoms with Gasteiger partial charge in [0.15, 0.2) is 0 Å². The zero-order valence-electron chi connectivity index (χ0n) is 12.3. The topological polar surface area (TPSA) is 57.6 Å². The molecule has 1 aliphatic rings. The molecule has 1 saturated heterocycles. The summed E-state index contributed by atoms with van der Waals surface area (Å²) < 4.78 is 27.5. The maximum absolute atomic E-state index is 12.9. The van der Waals surface area contributed by atoms with E-state index >= 15 is 0 Å². The Hall–Kier alpha value is -0.910. The molecule has 112 valence electrons. The van der Waals surface area contributed by atoms with E-state index in [0.717, 1.165) is 19.3 Å². The van der Waals surface area contributed by atoms with E-state index in [1.54, 1.807) is 29.4 Å². The van der Waals surface area contributed by atoms with E-state index in [2.05, 4.69) is 0 Å². The third-order valence-corrected chi connectivity index (χ3v) is 6.51. The highest BCUT2D eigenvalue weighted by Gasteiger charge is 2.36. The van der Waals surface area contributed by atoms with Gasteiger partial charge in [-0.25, -0.2) is 8.42 Å². The van der Waals surface area contributed by atoms with Crippen molar-refractivity contribution in [3.63, 3.8) is 0 Å². The van der Waals surface area contributed by atoms with Crippen LogP contribution < -0.4 is 0 Å². The first kappa shape index (κ1) is 15.5. The van der Waals surface area contributed by atoms with E-state index in [-0.39, 0.29) is 18.7 Å². The number of rotatable bonds is 3.